The summed E-state index contributed by atoms with van der Waals surface area (Å²) in [5, 5.41) is 7.24. The van der Waals surface area contributed by atoms with Gasteiger partial charge < -0.3 is 15.1 Å². The van der Waals surface area contributed by atoms with Crippen LogP contribution in [0.4, 0.5) is 4.39 Å². The molecule has 2 aromatic rings. The van der Waals surface area contributed by atoms with E-state index >= 15 is 0 Å². The second-order valence-electron chi connectivity index (χ2n) is 8.75. The van der Waals surface area contributed by atoms with Crippen molar-refractivity contribution in [2.24, 2.45) is 4.99 Å². The number of nitrogens with zero attached hydrogens (tertiary/aromatic N) is 3. The summed E-state index contributed by atoms with van der Waals surface area (Å²) in [7, 11) is 1.75. The van der Waals surface area contributed by atoms with Gasteiger partial charge in [0.1, 0.15) is 11.6 Å². The van der Waals surface area contributed by atoms with E-state index in [0.29, 0.717) is 24.0 Å². The Bertz CT molecular complexity index is 883. The Morgan fingerprint density at radius 3 is 2.81 bits per heavy atom. The Hall–Kier alpha value is -1.39. The van der Waals surface area contributed by atoms with Gasteiger partial charge in [-0.3, -0.25) is 9.89 Å². The van der Waals surface area contributed by atoms with Crippen LogP contribution in [-0.4, -0.2) is 42.0 Å². The van der Waals surface area contributed by atoms with Crippen molar-refractivity contribution >= 4 is 41.5 Å². The van der Waals surface area contributed by atoms with E-state index in [9.17, 15) is 4.39 Å². The van der Waals surface area contributed by atoms with Gasteiger partial charge in [-0.05, 0) is 37.1 Å². The van der Waals surface area contributed by atoms with Crippen LogP contribution in [0.2, 0.25) is 5.02 Å². The van der Waals surface area contributed by atoms with Gasteiger partial charge in [-0.15, -0.1) is 24.0 Å². The average molecular weight is 564 g/mol. The monoisotopic (exact) mass is 563 g/mol. The second-order valence-corrected chi connectivity index (χ2v) is 9.16. The minimum absolute atomic E-state index is 0. The van der Waals surface area contributed by atoms with Gasteiger partial charge in [0.15, 0.2) is 5.96 Å². The number of piperidine rings is 1. The number of aliphatic imine (C=N–C) groups is 1. The zero-order chi connectivity index (χ0) is 21.7. The van der Waals surface area contributed by atoms with Gasteiger partial charge >= 0.3 is 0 Å². The zero-order valence-electron chi connectivity index (χ0n) is 18.5. The van der Waals surface area contributed by atoms with Gasteiger partial charge in [0.25, 0.3) is 0 Å². The van der Waals surface area contributed by atoms with E-state index in [1.807, 2.05) is 0 Å². The molecule has 1 atom stereocenters. The maximum absolute atomic E-state index is 13.3. The highest BCUT2D eigenvalue weighted by atomic mass is 127. The molecule has 0 bridgehead atoms. The van der Waals surface area contributed by atoms with Crippen LogP contribution in [0, 0.1) is 5.82 Å². The van der Waals surface area contributed by atoms with E-state index < -0.39 is 0 Å². The number of hydrogen-bond acceptors (Lipinski definition) is 4. The first kappa shape index (κ1) is 25.9. The molecule has 1 aromatic heterocycles. The fraction of sp³-hybridized carbons (Fsp3) is 0.545. The van der Waals surface area contributed by atoms with E-state index in [0.717, 1.165) is 43.2 Å². The molecule has 172 valence electrons. The lowest BCUT2D eigenvalue weighted by Crippen LogP contribution is -2.50. The molecule has 1 aromatic carbocycles. The van der Waals surface area contributed by atoms with Crippen LogP contribution < -0.4 is 10.6 Å². The van der Waals surface area contributed by atoms with Gasteiger partial charge in [0.2, 0.25) is 5.89 Å². The van der Waals surface area contributed by atoms with Crippen molar-refractivity contribution in [3.8, 4) is 0 Å². The fourth-order valence-electron chi connectivity index (χ4n) is 3.49. The molecular weight excluding hydrogens is 532 g/mol. The number of aromatic nitrogens is 1. The first-order chi connectivity index (χ1) is 14.2. The molecular formula is C22H32ClFIN5O. The quantitative estimate of drug-likeness (QED) is 0.313. The molecule has 2 N–H and O–H groups in total. The van der Waals surface area contributed by atoms with Gasteiger partial charge in [-0.2, -0.15) is 0 Å². The Morgan fingerprint density at radius 1 is 1.39 bits per heavy atom. The third-order valence-electron chi connectivity index (χ3n) is 5.18. The predicted molar refractivity (Wildman–Crippen MR) is 134 cm³/mol. The Labute approximate surface area is 206 Å². The summed E-state index contributed by atoms with van der Waals surface area (Å²) in [4.78, 5) is 11.0. The minimum Gasteiger partial charge on any atom is -0.443 e. The molecule has 0 spiro atoms. The number of hydrogen-bond donors (Lipinski definition) is 2. The number of guanidine groups is 1. The third kappa shape index (κ3) is 7.61. The smallest absolute Gasteiger partial charge is 0.213 e. The molecule has 6 nitrogen and oxygen atoms in total. The van der Waals surface area contributed by atoms with Crippen LogP contribution in [0.5, 0.6) is 0 Å². The molecule has 9 heteroatoms. The van der Waals surface area contributed by atoms with Gasteiger partial charge in [-0.25, -0.2) is 9.37 Å². The van der Waals surface area contributed by atoms with E-state index in [1.54, 1.807) is 19.3 Å². The molecule has 0 radical (unpaired) electrons. The molecule has 1 saturated heterocycles. The van der Waals surface area contributed by atoms with Crippen molar-refractivity contribution in [3.05, 3.63) is 52.5 Å². The number of halogens is 3. The van der Waals surface area contributed by atoms with E-state index in [2.05, 4.69) is 46.3 Å². The van der Waals surface area contributed by atoms with E-state index in [-0.39, 0.29) is 41.3 Å². The predicted octanol–water partition coefficient (Wildman–Crippen LogP) is 4.71. The van der Waals surface area contributed by atoms with Crippen molar-refractivity contribution in [2.75, 3.05) is 20.1 Å². The number of likely N-dealkylation sites (tertiary alicyclic amines) is 1. The van der Waals surface area contributed by atoms with Crippen LogP contribution in [0.3, 0.4) is 0 Å². The SMILES string of the molecule is CN=C(NCc1ncc(C(C)(C)C)o1)NC1CCCN(Cc2ccc(F)cc2Cl)C1.I. The molecule has 1 aliphatic rings. The second kappa shape index (κ2) is 11.5. The Balaban J connectivity index is 0.00000341. The number of rotatable bonds is 5. The van der Waals surface area contributed by atoms with Crippen molar-refractivity contribution in [1.82, 2.24) is 20.5 Å². The maximum atomic E-state index is 13.3. The lowest BCUT2D eigenvalue weighted by Gasteiger charge is -2.34. The first-order valence-corrected chi connectivity index (χ1v) is 10.7. The third-order valence-corrected chi connectivity index (χ3v) is 5.53. The van der Waals surface area contributed by atoms with Crippen molar-refractivity contribution in [3.63, 3.8) is 0 Å². The van der Waals surface area contributed by atoms with Gasteiger partial charge in [-0.1, -0.05) is 38.4 Å². The van der Waals surface area contributed by atoms with E-state index in [4.69, 9.17) is 16.0 Å². The van der Waals surface area contributed by atoms with Crippen LogP contribution >= 0.6 is 35.6 Å². The van der Waals surface area contributed by atoms with E-state index in [1.165, 1.54) is 12.1 Å². The summed E-state index contributed by atoms with van der Waals surface area (Å²) < 4.78 is 19.1. The van der Waals surface area contributed by atoms with Crippen molar-refractivity contribution in [2.45, 2.75) is 58.2 Å². The summed E-state index contributed by atoms with van der Waals surface area (Å²) in [6.07, 6.45) is 3.91. The van der Waals surface area contributed by atoms with Gasteiger partial charge in [0, 0.05) is 36.6 Å². The molecule has 31 heavy (non-hydrogen) atoms. The maximum Gasteiger partial charge on any atom is 0.213 e. The molecule has 3 rings (SSSR count). The van der Waals surface area contributed by atoms with Crippen molar-refractivity contribution in [1.29, 1.82) is 0 Å². The highest BCUT2D eigenvalue weighted by molar-refractivity contribution is 14.0. The zero-order valence-corrected chi connectivity index (χ0v) is 21.6. The normalized spacial score (nSPS) is 17.9. The topological polar surface area (TPSA) is 65.7 Å². The van der Waals surface area contributed by atoms with Crippen molar-refractivity contribution < 1.29 is 8.81 Å². The molecule has 0 amide bonds. The Morgan fingerprint density at radius 2 is 2.16 bits per heavy atom. The lowest BCUT2D eigenvalue weighted by molar-refractivity contribution is 0.192. The summed E-state index contributed by atoms with van der Waals surface area (Å²) in [5.41, 5.74) is 0.879. The number of nitrogens with one attached hydrogen (secondary N) is 2. The summed E-state index contributed by atoms with van der Waals surface area (Å²) in [6.45, 7) is 9.31. The molecule has 2 heterocycles. The van der Waals surface area contributed by atoms with Gasteiger partial charge in [0.05, 0.1) is 12.7 Å². The molecule has 0 aliphatic carbocycles. The largest absolute Gasteiger partial charge is 0.443 e. The fourth-order valence-corrected chi connectivity index (χ4v) is 3.72. The van der Waals surface area contributed by atoms with Crippen LogP contribution in [0.25, 0.3) is 0 Å². The van der Waals surface area contributed by atoms with Crippen LogP contribution in [0.1, 0.15) is 50.8 Å². The molecule has 0 saturated carbocycles. The summed E-state index contributed by atoms with van der Waals surface area (Å²) >= 11 is 6.19. The number of oxazole rings is 1. The molecule has 1 unspecified atom stereocenters. The summed E-state index contributed by atoms with van der Waals surface area (Å²) in [6, 6.07) is 4.85. The Kier molecular flexibility index (Phi) is 9.57. The first-order valence-electron chi connectivity index (χ1n) is 10.3. The lowest BCUT2D eigenvalue weighted by atomic mass is 9.94. The minimum atomic E-state index is -0.308. The highest BCUT2D eigenvalue weighted by Gasteiger charge is 2.22. The van der Waals surface area contributed by atoms with Crippen LogP contribution in [0.15, 0.2) is 33.8 Å². The average Bonchev–Trinajstić information content (AvgIpc) is 3.17. The number of benzene rings is 1. The highest BCUT2D eigenvalue weighted by Crippen LogP contribution is 2.23. The standard InChI is InChI=1S/C22H31ClFN5O.HI/c1-22(2,3)19-11-26-20(30-19)12-27-21(25-4)28-17-6-5-9-29(14-17)13-15-7-8-16(24)10-18(15)23;/h7-8,10-11,17H,5-6,9,12-14H2,1-4H3,(H2,25,27,28);1H. The van der Waals surface area contributed by atoms with Crippen LogP contribution in [-0.2, 0) is 18.5 Å². The molecule has 1 fully saturated rings. The summed E-state index contributed by atoms with van der Waals surface area (Å²) in [5.74, 6) is 1.92. The molecule has 1 aliphatic heterocycles.